The first-order chi connectivity index (χ1) is 10.5. The first kappa shape index (κ1) is 20.9. The Morgan fingerprint density at radius 2 is 1.57 bits per heavy atom. The molecule has 0 bridgehead atoms. The summed E-state index contributed by atoms with van der Waals surface area (Å²) in [5.41, 5.74) is -0.606. The van der Waals surface area contributed by atoms with Crippen LogP contribution in [0.5, 0.6) is 0 Å². The number of hydrogen-bond donors (Lipinski definition) is 1. The summed E-state index contributed by atoms with van der Waals surface area (Å²) >= 11 is 0. The molecule has 0 unspecified atom stereocenters. The molecule has 0 aliphatic rings. The fourth-order valence-corrected chi connectivity index (χ4v) is 1.41. The van der Waals surface area contributed by atoms with Gasteiger partial charge in [-0.15, -0.1) is 0 Å². The maximum Gasteiger partial charge on any atom is 0.407 e. The van der Waals surface area contributed by atoms with Crippen LogP contribution in [0.3, 0.4) is 0 Å². The van der Waals surface area contributed by atoms with E-state index in [4.69, 9.17) is 9.47 Å². The zero-order valence-electron chi connectivity index (χ0n) is 14.7. The van der Waals surface area contributed by atoms with Crippen molar-refractivity contribution in [3.63, 3.8) is 0 Å². The third-order valence-corrected chi connectivity index (χ3v) is 2.55. The average Bonchev–Trinajstić information content (AvgIpc) is 2.39. The molecule has 0 aromatic heterocycles. The minimum Gasteiger partial charge on any atom is -0.463 e. The van der Waals surface area contributed by atoms with Gasteiger partial charge in [0.25, 0.3) is 0 Å². The van der Waals surface area contributed by atoms with Gasteiger partial charge >= 0.3 is 18.0 Å². The van der Waals surface area contributed by atoms with Crippen LogP contribution in [0.1, 0.15) is 41.5 Å². The SMILES string of the molecule is CCOC(=O)/C=C/C(=O)OC[C@@H](NC(=O)OC(C)(C)C)C(C)C. The predicted octanol–water partition coefficient (Wildman–Crippen LogP) is 2.20. The molecule has 7 heteroatoms. The van der Waals surface area contributed by atoms with Crippen LogP contribution >= 0.6 is 0 Å². The fraction of sp³-hybridized carbons (Fsp3) is 0.688. The molecular formula is C16H27NO6. The number of alkyl carbamates (subject to hydrolysis) is 1. The number of esters is 2. The Hall–Kier alpha value is -2.05. The van der Waals surface area contributed by atoms with E-state index >= 15 is 0 Å². The monoisotopic (exact) mass is 329 g/mol. The van der Waals surface area contributed by atoms with Gasteiger partial charge in [0.05, 0.1) is 12.6 Å². The van der Waals surface area contributed by atoms with Gasteiger partial charge in [0.2, 0.25) is 0 Å². The average molecular weight is 329 g/mol. The van der Waals surface area contributed by atoms with Crippen molar-refractivity contribution < 1.29 is 28.6 Å². The third-order valence-electron chi connectivity index (χ3n) is 2.55. The lowest BCUT2D eigenvalue weighted by Crippen LogP contribution is -2.44. The van der Waals surface area contributed by atoms with E-state index < -0.39 is 29.7 Å². The molecule has 0 aliphatic heterocycles. The van der Waals surface area contributed by atoms with E-state index in [1.807, 2.05) is 13.8 Å². The Labute approximate surface area is 137 Å². The van der Waals surface area contributed by atoms with Gasteiger partial charge in [0, 0.05) is 12.2 Å². The van der Waals surface area contributed by atoms with Gasteiger partial charge in [0.1, 0.15) is 12.2 Å². The normalized spacial score (nSPS) is 12.8. The Morgan fingerprint density at radius 1 is 1.04 bits per heavy atom. The summed E-state index contributed by atoms with van der Waals surface area (Å²) in [5.74, 6) is -1.27. The third kappa shape index (κ3) is 11.2. The molecule has 0 aromatic carbocycles. The Balaban J connectivity index is 4.41. The van der Waals surface area contributed by atoms with Crippen LogP contribution < -0.4 is 5.32 Å². The number of rotatable bonds is 7. The van der Waals surface area contributed by atoms with E-state index in [9.17, 15) is 14.4 Å². The summed E-state index contributed by atoms with van der Waals surface area (Å²) < 4.78 is 14.8. The van der Waals surface area contributed by atoms with Crippen molar-refractivity contribution in [1.29, 1.82) is 0 Å². The molecule has 0 saturated carbocycles. The highest BCUT2D eigenvalue weighted by atomic mass is 16.6. The van der Waals surface area contributed by atoms with Gasteiger partial charge < -0.3 is 19.5 Å². The highest BCUT2D eigenvalue weighted by molar-refractivity contribution is 5.91. The zero-order chi connectivity index (χ0) is 18.0. The molecule has 0 aromatic rings. The van der Waals surface area contributed by atoms with E-state index in [1.54, 1.807) is 27.7 Å². The van der Waals surface area contributed by atoms with E-state index in [0.717, 1.165) is 12.2 Å². The maximum atomic E-state index is 11.8. The van der Waals surface area contributed by atoms with E-state index in [2.05, 4.69) is 10.1 Å². The number of carbonyl (C=O) groups excluding carboxylic acids is 3. The lowest BCUT2D eigenvalue weighted by atomic mass is 10.1. The minimum absolute atomic E-state index is 0.0249. The smallest absolute Gasteiger partial charge is 0.407 e. The van der Waals surface area contributed by atoms with Crippen LogP contribution in [0.4, 0.5) is 4.79 Å². The minimum atomic E-state index is -0.685. The summed E-state index contributed by atoms with van der Waals surface area (Å²) in [7, 11) is 0. The van der Waals surface area contributed by atoms with Gasteiger partial charge in [-0.05, 0) is 33.6 Å². The number of carbonyl (C=O) groups is 3. The van der Waals surface area contributed by atoms with Crippen molar-refractivity contribution in [3.05, 3.63) is 12.2 Å². The van der Waals surface area contributed by atoms with Gasteiger partial charge in [-0.2, -0.15) is 0 Å². The van der Waals surface area contributed by atoms with Crippen LogP contribution in [0.2, 0.25) is 0 Å². The molecular weight excluding hydrogens is 302 g/mol. The van der Waals surface area contributed by atoms with Crippen molar-refractivity contribution in [1.82, 2.24) is 5.32 Å². The highest BCUT2D eigenvalue weighted by Gasteiger charge is 2.22. The molecule has 7 nitrogen and oxygen atoms in total. The first-order valence-corrected chi connectivity index (χ1v) is 7.56. The second-order valence-electron chi connectivity index (χ2n) is 6.21. The van der Waals surface area contributed by atoms with Gasteiger partial charge in [0.15, 0.2) is 0 Å². The maximum absolute atomic E-state index is 11.8. The molecule has 0 aliphatic carbocycles. The van der Waals surface area contributed by atoms with Crippen molar-refractivity contribution >= 4 is 18.0 Å². The quantitative estimate of drug-likeness (QED) is 0.437. The lowest BCUT2D eigenvalue weighted by Gasteiger charge is -2.25. The molecule has 0 rings (SSSR count). The summed E-state index contributed by atoms with van der Waals surface area (Å²) in [6.45, 7) is 10.9. The number of amides is 1. The molecule has 0 spiro atoms. The highest BCUT2D eigenvalue weighted by Crippen LogP contribution is 2.09. The van der Waals surface area contributed by atoms with Crippen LogP contribution in [0, 0.1) is 5.92 Å². The Morgan fingerprint density at radius 3 is 2.00 bits per heavy atom. The summed E-state index contributed by atoms with van der Waals surface area (Å²) in [4.78, 5) is 34.4. The molecule has 0 fully saturated rings. The van der Waals surface area contributed by atoms with Crippen LogP contribution in [-0.4, -0.2) is 42.9 Å². The summed E-state index contributed by atoms with van der Waals surface area (Å²) in [6, 6.07) is -0.398. The number of ether oxygens (including phenoxy) is 3. The lowest BCUT2D eigenvalue weighted by molar-refractivity contribution is -0.140. The second-order valence-corrected chi connectivity index (χ2v) is 6.21. The standard InChI is InChI=1S/C16H27NO6/c1-7-21-13(18)8-9-14(19)22-10-12(11(2)3)17-15(20)23-16(4,5)6/h8-9,11-12H,7,10H2,1-6H3,(H,17,20)/b9-8+/t12-/m1/s1. The fourth-order valence-electron chi connectivity index (χ4n) is 1.41. The zero-order valence-corrected chi connectivity index (χ0v) is 14.7. The molecule has 0 radical (unpaired) electrons. The van der Waals surface area contributed by atoms with Crippen LogP contribution in [0.15, 0.2) is 12.2 Å². The number of nitrogens with one attached hydrogen (secondary N) is 1. The summed E-state index contributed by atoms with van der Waals surface area (Å²) in [6.07, 6.45) is 1.41. The van der Waals surface area contributed by atoms with E-state index in [0.29, 0.717) is 0 Å². The predicted molar refractivity (Wildman–Crippen MR) is 84.7 cm³/mol. The number of hydrogen-bond acceptors (Lipinski definition) is 6. The molecule has 132 valence electrons. The van der Waals surface area contributed by atoms with Crippen molar-refractivity contribution in [2.45, 2.75) is 53.2 Å². The van der Waals surface area contributed by atoms with Gasteiger partial charge in [-0.3, -0.25) is 0 Å². The summed E-state index contributed by atoms with van der Waals surface area (Å²) in [5, 5.41) is 2.66. The molecule has 23 heavy (non-hydrogen) atoms. The van der Waals surface area contributed by atoms with Crippen molar-refractivity contribution in [2.24, 2.45) is 5.92 Å². The first-order valence-electron chi connectivity index (χ1n) is 7.56. The van der Waals surface area contributed by atoms with Crippen LogP contribution in [0.25, 0.3) is 0 Å². The largest absolute Gasteiger partial charge is 0.463 e. The van der Waals surface area contributed by atoms with E-state index in [1.165, 1.54) is 0 Å². The molecule has 1 amide bonds. The van der Waals surface area contributed by atoms with Gasteiger partial charge in [-0.25, -0.2) is 14.4 Å². The second kappa shape index (κ2) is 9.86. The molecule has 0 heterocycles. The van der Waals surface area contributed by atoms with Crippen molar-refractivity contribution in [3.8, 4) is 0 Å². The van der Waals surface area contributed by atoms with E-state index in [-0.39, 0.29) is 19.1 Å². The molecule has 1 N–H and O–H groups in total. The topological polar surface area (TPSA) is 90.9 Å². The Kier molecular flexibility index (Phi) is 8.98. The molecule has 1 atom stereocenters. The van der Waals surface area contributed by atoms with Gasteiger partial charge in [-0.1, -0.05) is 13.8 Å². The van der Waals surface area contributed by atoms with Crippen LogP contribution in [-0.2, 0) is 23.8 Å². The molecule has 0 saturated heterocycles. The Bertz CT molecular complexity index is 436. The van der Waals surface area contributed by atoms with Crippen molar-refractivity contribution in [2.75, 3.05) is 13.2 Å².